The quantitative estimate of drug-likeness (QED) is 0.424. The van der Waals surface area contributed by atoms with Crippen LogP contribution in [-0.2, 0) is 0 Å². The number of nitrogens with zero attached hydrogens (tertiary/aromatic N) is 6. The Labute approximate surface area is 239 Å². The maximum atomic E-state index is 13.1. The Hall–Kier alpha value is -4.15. The van der Waals surface area contributed by atoms with E-state index in [2.05, 4.69) is 15.3 Å². The number of carbonyl (C=O) groups excluding carboxylic acids is 2. The lowest BCUT2D eigenvalue weighted by Crippen LogP contribution is -2.53. The minimum atomic E-state index is -0.212. The third-order valence-corrected chi connectivity index (χ3v) is 8.76. The predicted molar refractivity (Wildman–Crippen MR) is 157 cm³/mol. The second-order valence-corrected chi connectivity index (χ2v) is 11.6. The van der Waals surface area contributed by atoms with E-state index in [4.69, 9.17) is 10.8 Å². The van der Waals surface area contributed by atoms with Crippen LogP contribution < -0.4 is 11.2 Å². The van der Waals surface area contributed by atoms with Crippen molar-refractivity contribution < 1.29 is 14.2 Å². The average Bonchev–Trinajstić information content (AvgIpc) is 3.61. The van der Waals surface area contributed by atoms with Gasteiger partial charge in [-0.15, -0.1) is 4.59 Å². The summed E-state index contributed by atoms with van der Waals surface area (Å²) in [5.74, 6) is 8.66. The third-order valence-electron chi connectivity index (χ3n) is 8.76. The number of benzene rings is 1. The zero-order chi connectivity index (χ0) is 28.0. The van der Waals surface area contributed by atoms with Gasteiger partial charge in [0.25, 0.3) is 11.7 Å². The number of nitrogens with two attached hydrogens (primary N) is 1. The van der Waals surface area contributed by atoms with Crippen LogP contribution in [0.2, 0.25) is 0 Å². The number of hydrogen-bond donors (Lipinski definition) is 2. The molecule has 2 saturated heterocycles. The van der Waals surface area contributed by atoms with Gasteiger partial charge in [-0.05, 0) is 86.4 Å². The molecule has 0 radical (unpaired) electrons. The summed E-state index contributed by atoms with van der Waals surface area (Å²) in [4.78, 5) is 43.9. The fraction of sp³-hybridized carbons (Fsp3) is 0.387. The standard InChI is InChI=1S/C31H34N8O2/c32-39-17-13-33-19-26(39)28(25-4-3-16-38(20-25)31(41)37-14-1-2-15-37)36-29(39)22-7-9-23(10-8-22)30(40)35-27-18-24(11-12-34-27)21-5-6-21/h7-13,17-19,21,25H,1-6,14-16,20,32H2/p+1. The van der Waals surface area contributed by atoms with Crippen molar-refractivity contribution in [2.24, 2.45) is 21.7 Å². The molecule has 10 heteroatoms. The van der Waals surface area contributed by atoms with E-state index < -0.39 is 0 Å². The molecule has 4 aliphatic heterocycles. The molecule has 0 spiro atoms. The van der Waals surface area contributed by atoms with Crippen LogP contribution in [0.4, 0.5) is 10.6 Å². The Morgan fingerprint density at radius 1 is 0.951 bits per heavy atom. The molecule has 1 aromatic carbocycles. The van der Waals surface area contributed by atoms with Crippen molar-refractivity contribution in [1.82, 2.24) is 14.8 Å². The first-order valence-corrected chi connectivity index (χ1v) is 14.6. The number of aromatic nitrogens is 1. The molecule has 2 unspecified atom stereocenters. The van der Waals surface area contributed by atoms with Crippen LogP contribution in [0.1, 0.15) is 65.9 Å². The molecule has 3 N–H and O–H groups in total. The van der Waals surface area contributed by atoms with Crippen LogP contribution in [0.5, 0.6) is 0 Å². The number of nitrogens with one attached hydrogen (secondary N) is 1. The van der Waals surface area contributed by atoms with Gasteiger partial charge in [0.05, 0.1) is 18.0 Å². The molecule has 5 aliphatic rings. The Morgan fingerprint density at radius 3 is 2.51 bits per heavy atom. The molecule has 3 fully saturated rings. The number of fused-ring (bicyclic) bond motifs is 1. The van der Waals surface area contributed by atoms with Crippen molar-refractivity contribution >= 4 is 29.8 Å². The van der Waals surface area contributed by atoms with E-state index in [9.17, 15) is 9.59 Å². The van der Waals surface area contributed by atoms with Gasteiger partial charge in [-0.3, -0.25) is 9.79 Å². The van der Waals surface area contributed by atoms with E-state index in [0.717, 1.165) is 62.3 Å². The van der Waals surface area contributed by atoms with E-state index in [-0.39, 0.29) is 22.4 Å². The lowest BCUT2D eigenvalue weighted by molar-refractivity contribution is -0.750. The number of allylic oxidation sites excluding steroid dienone is 1. The van der Waals surface area contributed by atoms with Crippen molar-refractivity contribution in [2.45, 2.75) is 44.4 Å². The number of rotatable bonds is 5. The van der Waals surface area contributed by atoms with Gasteiger partial charge in [0, 0.05) is 43.9 Å². The van der Waals surface area contributed by atoms with Crippen molar-refractivity contribution in [1.29, 1.82) is 0 Å². The van der Waals surface area contributed by atoms with Crippen LogP contribution in [0.3, 0.4) is 0 Å². The van der Waals surface area contributed by atoms with Crippen molar-refractivity contribution in [2.75, 3.05) is 31.5 Å². The second-order valence-electron chi connectivity index (χ2n) is 11.6. The normalized spacial score (nSPS) is 25.4. The van der Waals surface area contributed by atoms with Crippen LogP contribution >= 0.6 is 0 Å². The molecule has 10 nitrogen and oxygen atoms in total. The van der Waals surface area contributed by atoms with Crippen LogP contribution in [0, 0.1) is 5.92 Å². The second kappa shape index (κ2) is 10.4. The summed E-state index contributed by atoms with van der Waals surface area (Å²) in [6, 6.07) is 11.5. The largest absolute Gasteiger partial charge is 0.325 e. The fourth-order valence-corrected chi connectivity index (χ4v) is 6.33. The number of likely N-dealkylation sites (tertiary alicyclic amines) is 2. The molecule has 2 atom stereocenters. The number of anilines is 1. The van der Waals surface area contributed by atoms with Crippen LogP contribution in [-0.4, -0.2) is 69.5 Å². The number of amides is 3. The van der Waals surface area contributed by atoms with Gasteiger partial charge >= 0.3 is 6.03 Å². The van der Waals surface area contributed by atoms with Gasteiger partial charge in [0.1, 0.15) is 17.7 Å². The van der Waals surface area contributed by atoms with Crippen LogP contribution in [0.15, 0.2) is 76.4 Å². The lowest BCUT2D eigenvalue weighted by Gasteiger charge is -2.35. The van der Waals surface area contributed by atoms with E-state index in [0.29, 0.717) is 29.7 Å². The van der Waals surface area contributed by atoms with Gasteiger partial charge in [0.2, 0.25) is 5.70 Å². The highest BCUT2D eigenvalue weighted by atomic mass is 16.2. The number of pyridine rings is 1. The molecule has 1 aromatic heterocycles. The summed E-state index contributed by atoms with van der Waals surface area (Å²) in [6.07, 6.45) is 13.5. The Balaban J connectivity index is 1.11. The first-order chi connectivity index (χ1) is 20.0. The Kier molecular flexibility index (Phi) is 6.51. The van der Waals surface area contributed by atoms with E-state index in [1.807, 2.05) is 40.3 Å². The Bertz CT molecular complexity index is 1500. The topological polar surface area (TPSA) is 116 Å². The van der Waals surface area contributed by atoms with Gasteiger partial charge in [0.15, 0.2) is 0 Å². The molecule has 1 saturated carbocycles. The van der Waals surface area contributed by atoms with Gasteiger partial charge in [-0.2, -0.15) is 10.8 Å². The highest BCUT2D eigenvalue weighted by Crippen LogP contribution is 2.40. The highest BCUT2D eigenvalue weighted by molar-refractivity contribution is 6.05. The fourth-order valence-electron chi connectivity index (χ4n) is 6.33. The molecular formula is C31H35N8O2+. The Morgan fingerprint density at radius 2 is 1.73 bits per heavy atom. The maximum Gasteiger partial charge on any atom is 0.320 e. The molecule has 1 aliphatic carbocycles. The monoisotopic (exact) mass is 551 g/mol. The van der Waals surface area contributed by atoms with Crippen molar-refractivity contribution in [3.05, 3.63) is 83.1 Å². The summed E-state index contributed by atoms with van der Waals surface area (Å²) in [5, 5.41) is 2.93. The van der Waals surface area contributed by atoms with E-state index in [1.165, 1.54) is 18.4 Å². The minimum Gasteiger partial charge on any atom is -0.325 e. The van der Waals surface area contributed by atoms with Crippen LogP contribution in [0.25, 0.3) is 0 Å². The van der Waals surface area contributed by atoms with E-state index >= 15 is 0 Å². The minimum absolute atomic E-state index is 0.0748. The number of quaternary nitrogens is 1. The van der Waals surface area contributed by atoms with Gasteiger partial charge in [-0.25, -0.2) is 9.78 Å². The first-order valence-electron chi connectivity index (χ1n) is 14.6. The summed E-state index contributed by atoms with van der Waals surface area (Å²) in [6.45, 7) is 3.07. The van der Waals surface area contributed by atoms with E-state index in [1.54, 1.807) is 30.7 Å². The van der Waals surface area contributed by atoms with Crippen molar-refractivity contribution in [3.8, 4) is 0 Å². The molecule has 41 heavy (non-hydrogen) atoms. The number of hydrogen-bond acceptors (Lipinski definition) is 6. The summed E-state index contributed by atoms with van der Waals surface area (Å²) < 4.78 is -0.0845. The molecule has 0 bridgehead atoms. The summed E-state index contributed by atoms with van der Waals surface area (Å²) in [5.41, 5.74) is 4.29. The first kappa shape index (κ1) is 25.8. The predicted octanol–water partition coefficient (Wildman–Crippen LogP) is 4.36. The third kappa shape index (κ3) is 4.87. The molecule has 7 rings (SSSR count). The zero-order valence-corrected chi connectivity index (χ0v) is 23.1. The van der Waals surface area contributed by atoms with Gasteiger partial charge < -0.3 is 15.1 Å². The van der Waals surface area contributed by atoms with Gasteiger partial charge in [-0.1, -0.05) is 0 Å². The molecule has 210 valence electrons. The lowest BCUT2D eigenvalue weighted by atomic mass is 9.94. The molecular weight excluding hydrogens is 516 g/mol. The number of urea groups is 1. The summed E-state index contributed by atoms with van der Waals surface area (Å²) >= 11 is 0. The smallest absolute Gasteiger partial charge is 0.320 e. The zero-order valence-electron chi connectivity index (χ0n) is 23.1. The summed E-state index contributed by atoms with van der Waals surface area (Å²) in [7, 11) is 0. The number of piperidine rings is 1. The SMILES string of the molecule is N[N+]12C=CN=CC1=C(C1CCCN(C(=O)N3CCCC3)C1)N=C2c1ccc(C(=O)Nc2cc(C3CC3)ccn2)cc1. The molecule has 3 amide bonds. The van der Waals surface area contributed by atoms with Crippen molar-refractivity contribution in [3.63, 3.8) is 0 Å². The average molecular weight is 552 g/mol. The number of aliphatic imine (C=N–C) groups is 2. The highest BCUT2D eigenvalue weighted by Gasteiger charge is 2.46. The molecule has 5 heterocycles. The molecule has 2 aromatic rings. The number of carbonyl (C=O) groups is 2. The maximum absolute atomic E-state index is 13.1. The number of amidine groups is 1.